The van der Waals surface area contributed by atoms with E-state index in [0.29, 0.717) is 18.1 Å². The highest BCUT2D eigenvalue weighted by atomic mass is 16.4. The molecule has 0 aliphatic rings. The van der Waals surface area contributed by atoms with E-state index in [4.69, 9.17) is 5.11 Å². The summed E-state index contributed by atoms with van der Waals surface area (Å²) in [6.07, 6.45) is 0.960. The van der Waals surface area contributed by atoms with Crippen molar-refractivity contribution in [1.29, 1.82) is 0 Å². The predicted molar refractivity (Wildman–Crippen MR) is 48.3 cm³/mol. The molecule has 0 saturated carbocycles. The highest BCUT2D eigenvalue weighted by Gasteiger charge is 2.11. The summed E-state index contributed by atoms with van der Waals surface area (Å²) >= 11 is 0. The van der Waals surface area contributed by atoms with Gasteiger partial charge in [0.15, 0.2) is 0 Å². The Morgan fingerprint density at radius 1 is 1.29 bits per heavy atom. The Kier molecular flexibility index (Phi) is 3.12. The van der Waals surface area contributed by atoms with Crippen LogP contribution in [-0.2, 0) is 9.59 Å². The molecule has 0 bridgehead atoms. The molecule has 0 aromatic heterocycles. The largest absolute Gasteiger partial charge is 0.478 e. The average Bonchev–Trinajstić information content (AvgIpc) is 2.20. The van der Waals surface area contributed by atoms with Crippen molar-refractivity contribution < 1.29 is 19.5 Å². The van der Waals surface area contributed by atoms with Crippen molar-refractivity contribution in [2.75, 3.05) is 0 Å². The first-order valence-electron chi connectivity index (χ1n) is 3.93. The van der Waals surface area contributed by atoms with Crippen molar-refractivity contribution in [3.05, 3.63) is 35.4 Å². The lowest BCUT2D eigenvalue weighted by atomic mass is 10.0. The molecule has 0 fully saturated rings. The molecule has 0 amide bonds. The summed E-state index contributed by atoms with van der Waals surface area (Å²) in [5, 5.41) is 8.66. The number of carboxylic acid groups (broad SMARTS) is 1. The Bertz CT molecular complexity index is 362. The number of benzene rings is 1. The van der Waals surface area contributed by atoms with Crippen molar-refractivity contribution >= 4 is 18.5 Å². The summed E-state index contributed by atoms with van der Waals surface area (Å²) in [6.45, 7) is 0. The average molecular weight is 192 g/mol. The SMILES string of the molecule is O=CC(C=O)c1cccc(C(=O)O)c1. The fourth-order valence-corrected chi connectivity index (χ4v) is 1.07. The smallest absolute Gasteiger partial charge is 0.335 e. The predicted octanol–water partition coefficient (Wildman–Crippen LogP) is 0.866. The van der Waals surface area contributed by atoms with Crippen molar-refractivity contribution in [3.8, 4) is 0 Å². The Hall–Kier alpha value is -1.97. The van der Waals surface area contributed by atoms with Crippen LogP contribution in [0.3, 0.4) is 0 Å². The van der Waals surface area contributed by atoms with Gasteiger partial charge in [0.25, 0.3) is 0 Å². The molecule has 72 valence electrons. The fourth-order valence-electron chi connectivity index (χ4n) is 1.07. The third-order valence-electron chi connectivity index (χ3n) is 1.81. The number of hydrogen-bond acceptors (Lipinski definition) is 3. The highest BCUT2D eigenvalue weighted by molar-refractivity contribution is 5.90. The van der Waals surface area contributed by atoms with E-state index in [9.17, 15) is 14.4 Å². The normalized spacial score (nSPS) is 9.79. The van der Waals surface area contributed by atoms with Gasteiger partial charge in [-0.3, -0.25) is 0 Å². The molecule has 0 saturated heterocycles. The molecule has 1 N–H and O–H groups in total. The number of aromatic carboxylic acids is 1. The van der Waals surface area contributed by atoms with E-state index < -0.39 is 11.9 Å². The van der Waals surface area contributed by atoms with Gasteiger partial charge in [0.05, 0.1) is 11.5 Å². The van der Waals surface area contributed by atoms with E-state index in [0.717, 1.165) is 0 Å². The minimum atomic E-state index is -1.08. The van der Waals surface area contributed by atoms with Crippen molar-refractivity contribution in [1.82, 2.24) is 0 Å². The molecule has 0 atom stereocenters. The number of rotatable bonds is 4. The van der Waals surface area contributed by atoms with E-state index in [1.165, 1.54) is 18.2 Å². The molecule has 1 aromatic rings. The van der Waals surface area contributed by atoms with Gasteiger partial charge in [-0.1, -0.05) is 12.1 Å². The maximum absolute atomic E-state index is 10.6. The standard InChI is InChI=1S/C10H8O4/c11-5-9(6-12)7-2-1-3-8(4-7)10(13)14/h1-6,9H,(H,13,14). The van der Waals surface area contributed by atoms with Crippen molar-refractivity contribution in [2.24, 2.45) is 0 Å². The molecule has 0 heterocycles. The van der Waals surface area contributed by atoms with Crippen LogP contribution in [0.2, 0.25) is 0 Å². The van der Waals surface area contributed by atoms with E-state index in [1.54, 1.807) is 6.07 Å². The summed E-state index contributed by atoms with van der Waals surface area (Å²) in [4.78, 5) is 31.5. The van der Waals surface area contributed by atoms with Crippen LogP contribution in [0.4, 0.5) is 0 Å². The zero-order valence-electron chi connectivity index (χ0n) is 7.21. The van der Waals surface area contributed by atoms with E-state index >= 15 is 0 Å². The zero-order valence-corrected chi connectivity index (χ0v) is 7.21. The molecule has 4 heteroatoms. The molecule has 4 nitrogen and oxygen atoms in total. The van der Waals surface area contributed by atoms with Crippen molar-refractivity contribution in [2.45, 2.75) is 5.92 Å². The first-order valence-corrected chi connectivity index (χ1v) is 3.93. The van der Waals surface area contributed by atoms with Gasteiger partial charge in [-0.05, 0) is 17.7 Å². The molecular weight excluding hydrogens is 184 g/mol. The third-order valence-corrected chi connectivity index (χ3v) is 1.81. The van der Waals surface area contributed by atoms with Gasteiger partial charge >= 0.3 is 5.97 Å². The van der Waals surface area contributed by atoms with Crippen LogP contribution in [0.25, 0.3) is 0 Å². The van der Waals surface area contributed by atoms with Crippen LogP contribution in [-0.4, -0.2) is 23.6 Å². The quantitative estimate of drug-likeness (QED) is 0.567. The Morgan fingerprint density at radius 2 is 1.93 bits per heavy atom. The maximum atomic E-state index is 10.6. The summed E-state index contributed by atoms with van der Waals surface area (Å²) in [5.41, 5.74) is 0.464. The number of carbonyl (C=O) groups excluding carboxylic acids is 2. The number of aldehydes is 2. The van der Waals surface area contributed by atoms with Crippen LogP contribution >= 0.6 is 0 Å². The minimum Gasteiger partial charge on any atom is -0.478 e. The van der Waals surface area contributed by atoms with Gasteiger partial charge in [0.1, 0.15) is 12.6 Å². The second kappa shape index (κ2) is 4.32. The van der Waals surface area contributed by atoms with Gasteiger partial charge in [0, 0.05) is 0 Å². The van der Waals surface area contributed by atoms with Crippen LogP contribution in [0.5, 0.6) is 0 Å². The fraction of sp³-hybridized carbons (Fsp3) is 0.100. The van der Waals surface area contributed by atoms with Gasteiger partial charge in [-0.15, -0.1) is 0 Å². The van der Waals surface area contributed by atoms with Gasteiger partial charge < -0.3 is 14.7 Å². The summed E-state index contributed by atoms with van der Waals surface area (Å²) < 4.78 is 0. The zero-order chi connectivity index (χ0) is 10.6. The van der Waals surface area contributed by atoms with E-state index in [-0.39, 0.29) is 5.56 Å². The van der Waals surface area contributed by atoms with Crippen LogP contribution in [0.1, 0.15) is 21.8 Å². The lowest BCUT2D eigenvalue weighted by molar-refractivity contribution is -0.116. The van der Waals surface area contributed by atoms with Gasteiger partial charge in [0.2, 0.25) is 0 Å². The Balaban J connectivity index is 3.09. The van der Waals surface area contributed by atoms with Gasteiger partial charge in [-0.25, -0.2) is 4.79 Å². The lowest BCUT2D eigenvalue weighted by Crippen LogP contribution is -2.04. The molecule has 1 rings (SSSR count). The van der Waals surface area contributed by atoms with Crippen molar-refractivity contribution in [3.63, 3.8) is 0 Å². The summed E-state index contributed by atoms with van der Waals surface area (Å²) in [6, 6.07) is 5.76. The minimum absolute atomic E-state index is 0.0659. The van der Waals surface area contributed by atoms with E-state index in [2.05, 4.69) is 0 Å². The summed E-state index contributed by atoms with van der Waals surface area (Å²) in [7, 11) is 0. The molecular formula is C10H8O4. The Morgan fingerprint density at radius 3 is 2.43 bits per heavy atom. The Labute approximate surface area is 80.2 Å². The topological polar surface area (TPSA) is 71.4 Å². The van der Waals surface area contributed by atoms with Crippen LogP contribution < -0.4 is 0 Å². The van der Waals surface area contributed by atoms with Gasteiger partial charge in [-0.2, -0.15) is 0 Å². The number of carboxylic acids is 1. The molecule has 14 heavy (non-hydrogen) atoms. The molecule has 1 aromatic carbocycles. The molecule has 0 unspecified atom stereocenters. The lowest BCUT2D eigenvalue weighted by Gasteiger charge is -2.03. The molecule has 0 radical (unpaired) electrons. The number of hydrogen-bond donors (Lipinski definition) is 1. The third kappa shape index (κ3) is 2.04. The van der Waals surface area contributed by atoms with Crippen LogP contribution in [0, 0.1) is 0 Å². The molecule has 0 spiro atoms. The van der Waals surface area contributed by atoms with Crippen LogP contribution in [0.15, 0.2) is 24.3 Å². The molecule has 0 aliphatic heterocycles. The summed E-state index contributed by atoms with van der Waals surface area (Å²) in [5.74, 6) is -1.96. The number of carbonyl (C=O) groups is 3. The maximum Gasteiger partial charge on any atom is 0.335 e. The first kappa shape index (κ1) is 10.1. The second-order valence-corrected chi connectivity index (χ2v) is 2.73. The monoisotopic (exact) mass is 192 g/mol. The first-order chi connectivity index (χ1) is 6.69. The molecule has 0 aliphatic carbocycles. The second-order valence-electron chi connectivity index (χ2n) is 2.73. The van der Waals surface area contributed by atoms with E-state index in [1.807, 2.05) is 0 Å². The highest BCUT2D eigenvalue weighted by Crippen LogP contribution is 2.13.